The van der Waals surface area contributed by atoms with Crippen molar-refractivity contribution in [2.24, 2.45) is 0 Å². The molecule has 92 valence electrons. The Morgan fingerprint density at radius 1 is 1.47 bits per heavy atom. The highest BCUT2D eigenvalue weighted by molar-refractivity contribution is 5.76. The van der Waals surface area contributed by atoms with Crippen molar-refractivity contribution in [2.75, 3.05) is 11.4 Å². The topological polar surface area (TPSA) is 20.3 Å². The number of anilines is 1. The fourth-order valence-electron chi connectivity index (χ4n) is 2.57. The standard InChI is InChI=1S/C14H18FNO/c1-2-12-5-3-4-8-16(12)14-7-6-11(10-17)9-13(14)15/h6-7,9-10,12H,2-5,8H2,1H3. The van der Waals surface area contributed by atoms with Gasteiger partial charge in [0.2, 0.25) is 0 Å². The van der Waals surface area contributed by atoms with Crippen molar-refractivity contribution in [3.05, 3.63) is 29.6 Å². The minimum absolute atomic E-state index is 0.282. The third-order valence-corrected chi connectivity index (χ3v) is 3.52. The van der Waals surface area contributed by atoms with E-state index in [9.17, 15) is 9.18 Å². The van der Waals surface area contributed by atoms with Gasteiger partial charge >= 0.3 is 0 Å². The van der Waals surface area contributed by atoms with E-state index >= 15 is 0 Å². The van der Waals surface area contributed by atoms with Gasteiger partial charge in [0, 0.05) is 18.2 Å². The highest BCUT2D eigenvalue weighted by Crippen LogP contribution is 2.28. The van der Waals surface area contributed by atoms with Gasteiger partial charge in [0.25, 0.3) is 0 Å². The van der Waals surface area contributed by atoms with Crippen LogP contribution in [0.3, 0.4) is 0 Å². The van der Waals surface area contributed by atoms with E-state index in [2.05, 4.69) is 11.8 Å². The maximum atomic E-state index is 13.9. The average molecular weight is 235 g/mol. The zero-order chi connectivity index (χ0) is 12.3. The van der Waals surface area contributed by atoms with Crippen molar-refractivity contribution in [3.8, 4) is 0 Å². The maximum absolute atomic E-state index is 13.9. The fourth-order valence-corrected chi connectivity index (χ4v) is 2.57. The molecule has 0 aliphatic carbocycles. The number of piperidine rings is 1. The largest absolute Gasteiger partial charge is 0.366 e. The highest BCUT2D eigenvalue weighted by atomic mass is 19.1. The summed E-state index contributed by atoms with van der Waals surface area (Å²) in [6, 6.07) is 5.17. The van der Waals surface area contributed by atoms with E-state index < -0.39 is 0 Å². The van der Waals surface area contributed by atoms with Gasteiger partial charge in [-0.25, -0.2) is 4.39 Å². The van der Waals surface area contributed by atoms with E-state index in [0.717, 1.165) is 25.8 Å². The van der Waals surface area contributed by atoms with Crippen LogP contribution in [0, 0.1) is 5.82 Å². The summed E-state index contributed by atoms with van der Waals surface area (Å²) in [5.41, 5.74) is 1.04. The summed E-state index contributed by atoms with van der Waals surface area (Å²) in [5, 5.41) is 0. The van der Waals surface area contributed by atoms with Crippen molar-refractivity contribution in [1.82, 2.24) is 0 Å². The Morgan fingerprint density at radius 2 is 2.29 bits per heavy atom. The number of nitrogens with zero attached hydrogens (tertiary/aromatic N) is 1. The Morgan fingerprint density at radius 3 is 2.94 bits per heavy atom. The van der Waals surface area contributed by atoms with E-state index in [4.69, 9.17) is 0 Å². The molecule has 1 aliphatic heterocycles. The van der Waals surface area contributed by atoms with Gasteiger partial charge in [0.15, 0.2) is 0 Å². The number of carbonyl (C=O) groups is 1. The summed E-state index contributed by atoms with van der Waals surface area (Å²) in [6.45, 7) is 3.05. The number of halogens is 1. The predicted molar refractivity (Wildman–Crippen MR) is 67.1 cm³/mol. The Kier molecular flexibility index (Phi) is 3.77. The monoisotopic (exact) mass is 235 g/mol. The molecule has 17 heavy (non-hydrogen) atoms. The summed E-state index contributed by atoms with van der Waals surface area (Å²) >= 11 is 0. The molecule has 1 atom stereocenters. The predicted octanol–water partition coefficient (Wildman–Crippen LogP) is 3.41. The van der Waals surface area contributed by atoms with Crippen LogP contribution in [0.25, 0.3) is 0 Å². The molecule has 0 radical (unpaired) electrons. The molecule has 3 heteroatoms. The molecule has 1 unspecified atom stereocenters. The molecule has 0 N–H and O–H groups in total. The Labute approximate surface area is 101 Å². The molecule has 1 aromatic carbocycles. The molecular formula is C14H18FNO. The van der Waals surface area contributed by atoms with Crippen molar-refractivity contribution < 1.29 is 9.18 Å². The van der Waals surface area contributed by atoms with Gasteiger partial charge in [-0.05, 0) is 43.9 Å². The first-order chi connectivity index (χ1) is 8.26. The van der Waals surface area contributed by atoms with Crippen molar-refractivity contribution in [2.45, 2.75) is 38.6 Å². The van der Waals surface area contributed by atoms with Crippen LogP contribution < -0.4 is 4.90 Å². The molecular weight excluding hydrogens is 217 g/mol. The zero-order valence-electron chi connectivity index (χ0n) is 10.2. The lowest BCUT2D eigenvalue weighted by molar-refractivity contribution is 0.112. The second-order valence-corrected chi connectivity index (χ2v) is 4.58. The number of aldehydes is 1. The lowest BCUT2D eigenvalue weighted by Crippen LogP contribution is -2.39. The first kappa shape index (κ1) is 12.1. The third kappa shape index (κ3) is 2.48. The summed E-state index contributed by atoms with van der Waals surface area (Å²) in [4.78, 5) is 12.7. The second kappa shape index (κ2) is 5.30. The van der Waals surface area contributed by atoms with Crippen LogP contribution in [0.5, 0.6) is 0 Å². The van der Waals surface area contributed by atoms with Crippen molar-refractivity contribution in [1.29, 1.82) is 0 Å². The molecule has 0 aromatic heterocycles. The van der Waals surface area contributed by atoms with E-state index in [-0.39, 0.29) is 5.82 Å². The van der Waals surface area contributed by atoms with E-state index in [1.165, 1.54) is 12.5 Å². The number of carbonyl (C=O) groups excluding carboxylic acids is 1. The van der Waals surface area contributed by atoms with Crippen LogP contribution in [0.4, 0.5) is 10.1 Å². The van der Waals surface area contributed by atoms with E-state index in [1.54, 1.807) is 12.1 Å². The maximum Gasteiger partial charge on any atom is 0.150 e. The quantitative estimate of drug-likeness (QED) is 0.748. The molecule has 1 fully saturated rings. The minimum Gasteiger partial charge on any atom is -0.366 e. The first-order valence-electron chi connectivity index (χ1n) is 6.27. The smallest absolute Gasteiger partial charge is 0.150 e. The first-order valence-corrected chi connectivity index (χ1v) is 6.27. The molecule has 2 rings (SSSR count). The van der Waals surface area contributed by atoms with Gasteiger partial charge in [-0.2, -0.15) is 0 Å². The van der Waals surface area contributed by atoms with Crippen molar-refractivity contribution >= 4 is 12.0 Å². The average Bonchev–Trinajstić information content (AvgIpc) is 2.38. The Bertz CT molecular complexity index is 405. The van der Waals surface area contributed by atoms with Gasteiger partial charge in [-0.1, -0.05) is 6.92 Å². The van der Waals surface area contributed by atoms with E-state index in [1.807, 2.05) is 0 Å². The number of rotatable bonds is 3. The number of hydrogen-bond acceptors (Lipinski definition) is 2. The molecule has 0 amide bonds. The van der Waals surface area contributed by atoms with Gasteiger partial charge in [-0.15, -0.1) is 0 Å². The minimum atomic E-state index is -0.282. The molecule has 2 nitrogen and oxygen atoms in total. The molecule has 1 heterocycles. The summed E-state index contributed by atoms with van der Waals surface area (Å²) in [7, 11) is 0. The van der Waals surface area contributed by atoms with Crippen LogP contribution >= 0.6 is 0 Å². The molecule has 0 spiro atoms. The van der Waals surface area contributed by atoms with Gasteiger partial charge in [0.1, 0.15) is 12.1 Å². The molecule has 0 bridgehead atoms. The van der Waals surface area contributed by atoms with Crippen LogP contribution in [0.15, 0.2) is 18.2 Å². The summed E-state index contributed by atoms with van der Waals surface area (Å²) in [5.74, 6) is -0.282. The fraction of sp³-hybridized carbons (Fsp3) is 0.500. The molecule has 0 saturated carbocycles. The van der Waals surface area contributed by atoms with Crippen LogP contribution in [-0.4, -0.2) is 18.9 Å². The van der Waals surface area contributed by atoms with Gasteiger partial charge in [0.05, 0.1) is 5.69 Å². The van der Waals surface area contributed by atoms with E-state index in [0.29, 0.717) is 23.6 Å². The van der Waals surface area contributed by atoms with Crippen LogP contribution in [0.2, 0.25) is 0 Å². The summed E-state index contributed by atoms with van der Waals surface area (Å²) < 4.78 is 13.9. The highest BCUT2D eigenvalue weighted by Gasteiger charge is 2.23. The molecule has 1 saturated heterocycles. The lowest BCUT2D eigenvalue weighted by Gasteiger charge is -2.37. The summed E-state index contributed by atoms with van der Waals surface area (Å²) in [6.07, 6.45) is 5.19. The Hall–Kier alpha value is -1.38. The normalized spacial score (nSPS) is 20.4. The van der Waals surface area contributed by atoms with Crippen LogP contribution in [0.1, 0.15) is 43.0 Å². The van der Waals surface area contributed by atoms with Gasteiger partial charge < -0.3 is 4.90 Å². The molecule has 1 aromatic rings. The molecule has 1 aliphatic rings. The SMILES string of the molecule is CCC1CCCCN1c1ccc(C=O)cc1F. The number of benzene rings is 1. The number of hydrogen-bond donors (Lipinski definition) is 0. The van der Waals surface area contributed by atoms with Gasteiger partial charge in [-0.3, -0.25) is 4.79 Å². The van der Waals surface area contributed by atoms with Crippen molar-refractivity contribution in [3.63, 3.8) is 0 Å². The zero-order valence-corrected chi connectivity index (χ0v) is 10.2. The lowest BCUT2D eigenvalue weighted by atomic mass is 9.99. The third-order valence-electron chi connectivity index (χ3n) is 3.52. The second-order valence-electron chi connectivity index (χ2n) is 4.58. The Balaban J connectivity index is 2.28. The van der Waals surface area contributed by atoms with Crippen LogP contribution in [-0.2, 0) is 0 Å².